The molecule has 24 heavy (non-hydrogen) atoms. The zero-order valence-electron chi connectivity index (χ0n) is 13.7. The van der Waals surface area contributed by atoms with Gasteiger partial charge in [0, 0.05) is 11.1 Å². The number of H-pyrrole nitrogens is 1. The molecule has 0 unspecified atom stereocenters. The summed E-state index contributed by atoms with van der Waals surface area (Å²) in [6.07, 6.45) is 1.55. The van der Waals surface area contributed by atoms with Gasteiger partial charge in [0.25, 0.3) is 5.91 Å². The van der Waals surface area contributed by atoms with E-state index in [2.05, 4.69) is 15.3 Å². The predicted molar refractivity (Wildman–Crippen MR) is 92.5 cm³/mol. The standard InChI is InChI=1S/C18H19N3O3/c1-18(2,3)11-5-7-14(22)15(16(11)23)21-17(24)10-4-6-12-13(8-10)20-9-19-12/h4-9,22-23H,1-3H3,(H,19,20)(H,21,24). The minimum atomic E-state index is -0.428. The van der Waals surface area contributed by atoms with E-state index in [9.17, 15) is 15.0 Å². The van der Waals surface area contributed by atoms with Crippen molar-refractivity contribution < 1.29 is 15.0 Å². The molecule has 4 N–H and O–H groups in total. The molecule has 0 fully saturated rings. The highest BCUT2D eigenvalue weighted by Crippen LogP contribution is 2.41. The summed E-state index contributed by atoms with van der Waals surface area (Å²) in [6, 6.07) is 8.15. The highest BCUT2D eigenvalue weighted by Gasteiger charge is 2.23. The first-order chi connectivity index (χ1) is 11.3. The number of imidazole rings is 1. The molecule has 0 saturated carbocycles. The van der Waals surface area contributed by atoms with Gasteiger partial charge >= 0.3 is 0 Å². The van der Waals surface area contributed by atoms with Gasteiger partial charge < -0.3 is 20.5 Å². The molecule has 0 aliphatic heterocycles. The minimum Gasteiger partial charge on any atom is -0.506 e. The minimum absolute atomic E-state index is 0.0112. The second-order valence-corrected chi connectivity index (χ2v) is 6.69. The Morgan fingerprint density at radius 2 is 1.92 bits per heavy atom. The van der Waals surface area contributed by atoms with Gasteiger partial charge in [-0.05, 0) is 29.7 Å². The Balaban J connectivity index is 1.96. The molecule has 0 atom stereocenters. The molecule has 2 aromatic carbocycles. The second-order valence-electron chi connectivity index (χ2n) is 6.69. The van der Waals surface area contributed by atoms with Crippen LogP contribution < -0.4 is 5.32 Å². The number of phenolic OH excluding ortho intramolecular Hbond substituents is 2. The summed E-state index contributed by atoms with van der Waals surface area (Å²) >= 11 is 0. The normalized spacial score (nSPS) is 11.6. The van der Waals surface area contributed by atoms with E-state index in [4.69, 9.17) is 0 Å². The van der Waals surface area contributed by atoms with Gasteiger partial charge in [-0.3, -0.25) is 4.79 Å². The van der Waals surface area contributed by atoms with Gasteiger partial charge in [-0.2, -0.15) is 0 Å². The molecule has 1 heterocycles. The molecule has 0 bridgehead atoms. The smallest absolute Gasteiger partial charge is 0.255 e. The number of fused-ring (bicyclic) bond motifs is 1. The first-order valence-corrected chi connectivity index (χ1v) is 7.57. The third-order valence-corrected chi connectivity index (χ3v) is 3.88. The number of nitrogens with one attached hydrogen (secondary N) is 2. The molecule has 3 aromatic rings. The Hall–Kier alpha value is -3.02. The average molecular weight is 325 g/mol. The lowest BCUT2D eigenvalue weighted by Crippen LogP contribution is -2.15. The molecular formula is C18H19N3O3. The van der Waals surface area contributed by atoms with Gasteiger partial charge in [-0.15, -0.1) is 0 Å². The van der Waals surface area contributed by atoms with Gasteiger partial charge in [0.2, 0.25) is 0 Å². The molecule has 6 heteroatoms. The number of rotatable bonds is 2. The molecule has 1 aromatic heterocycles. The van der Waals surface area contributed by atoms with Crippen molar-refractivity contribution in [2.24, 2.45) is 0 Å². The Morgan fingerprint density at radius 1 is 1.17 bits per heavy atom. The van der Waals surface area contributed by atoms with E-state index in [1.54, 1.807) is 30.6 Å². The van der Waals surface area contributed by atoms with Crippen molar-refractivity contribution in [2.75, 3.05) is 5.32 Å². The number of aromatic nitrogens is 2. The molecule has 0 radical (unpaired) electrons. The van der Waals surface area contributed by atoms with Crippen LogP contribution in [0.3, 0.4) is 0 Å². The van der Waals surface area contributed by atoms with E-state index in [0.717, 1.165) is 11.0 Å². The number of nitrogens with zero attached hydrogens (tertiary/aromatic N) is 1. The Bertz CT molecular complexity index is 923. The monoisotopic (exact) mass is 325 g/mol. The maximum Gasteiger partial charge on any atom is 0.255 e. The molecule has 0 saturated heterocycles. The van der Waals surface area contributed by atoms with Crippen LogP contribution in [0.1, 0.15) is 36.7 Å². The van der Waals surface area contributed by atoms with Crippen LogP contribution in [0.5, 0.6) is 11.5 Å². The summed E-state index contributed by atoms with van der Waals surface area (Å²) in [4.78, 5) is 19.5. The molecule has 0 aliphatic carbocycles. The van der Waals surface area contributed by atoms with E-state index in [1.165, 1.54) is 6.07 Å². The van der Waals surface area contributed by atoms with Gasteiger partial charge in [0.05, 0.1) is 17.4 Å². The van der Waals surface area contributed by atoms with Crippen molar-refractivity contribution in [3.63, 3.8) is 0 Å². The first kappa shape index (κ1) is 15.9. The third kappa shape index (κ3) is 2.78. The lowest BCUT2D eigenvalue weighted by atomic mass is 9.86. The lowest BCUT2D eigenvalue weighted by molar-refractivity contribution is 0.102. The summed E-state index contributed by atoms with van der Waals surface area (Å²) < 4.78 is 0. The van der Waals surface area contributed by atoms with Crippen LogP contribution in [0, 0.1) is 0 Å². The van der Waals surface area contributed by atoms with E-state index in [-0.39, 0.29) is 22.6 Å². The number of carbonyl (C=O) groups excluding carboxylic acids is 1. The topological polar surface area (TPSA) is 98.2 Å². The molecule has 0 spiro atoms. The highest BCUT2D eigenvalue weighted by molar-refractivity contribution is 6.07. The number of phenols is 2. The Kier molecular flexibility index (Phi) is 3.67. The van der Waals surface area contributed by atoms with Crippen LogP contribution >= 0.6 is 0 Å². The maximum atomic E-state index is 12.5. The molecule has 124 valence electrons. The Labute approximate surface area is 139 Å². The van der Waals surface area contributed by atoms with Crippen LogP contribution in [-0.4, -0.2) is 26.1 Å². The summed E-state index contributed by atoms with van der Waals surface area (Å²) in [5, 5.41) is 23.1. The van der Waals surface area contributed by atoms with Crippen molar-refractivity contribution in [1.29, 1.82) is 0 Å². The number of hydrogen-bond donors (Lipinski definition) is 4. The van der Waals surface area contributed by atoms with Crippen LogP contribution in [0.2, 0.25) is 0 Å². The number of hydrogen-bond acceptors (Lipinski definition) is 4. The van der Waals surface area contributed by atoms with Gasteiger partial charge in [-0.25, -0.2) is 4.98 Å². The van der Waals surface area contributed by atoms with Gasteiger partial charge in [0.15, 0.2) is 0 Å². The van der Waals surface area contributed by atoms with Crippen LogP contribution in [0.4, 0.5) is 5.69 Å². The zero-order valence-corrected chi connectivity index (χ0v) is 13.7. The molecule has 6 nitrogen and oxygen atoms in total. The number of aromatic hydroxyl groups is 2. The van der Waals surface area contributed by atoms with Crippen LogP contribution in [-0.2, 0) is 5.41 Å². The summed E-state index contributed by atoms with van der Waals surface area (Å²) in [5.41, 5.74) is 2.21. The predicted octanol–water partition coefficient (Wildman–Crippen LogP) is 3.52. The van der Waals surface area contributed by atoms with E-state index in [1.807, 2.05) is 20.8 Å². The van der Waals surface area contributed by atoms with Gasteiger partial charge in [-0.1, -0.05) is 26.8 Å². The van der Waals surface area contributed by atoms with Crippen LogP contribution in [0.25, 0.3) is 11.0 Å². The second kappa shape index (κ2) is 5.56. The van der Waals surface area contributed by atoms with Crippen molar-refractivity contribution in [3.8, 4) is 11.5 Å². The van der Waals surface area contributed by atoms with E-state index >= 15 is 0 Å². The lowest BCUT2D eigenvalue weighted by Gasteiger charge is -2.22. The fourth-order valence-corrected chi connectivity index (χ4v) is 2.57. The summed E-state index contributed by atoms with van der Waals surface area (Å²) in [6.45, 7) is 5.82. The zero-order chi connectivity index (χ0) is 17.5. The van der Waals surface area contributed by atoms with Crippen molar-refractivity contribution in [1.82, 2.24) is 9.97 Å². The molecule has 1 amide bonds. The average Bonchev–Trinajstić information content (AvgIpc) is 2.97. The SMILES string of the molecule is CC(C)(C)c1ccc(O)c(NC(=O)c2ccc3nc[nH]c3c2)c1O. The number of carbonyl (C=O) groups is 1. The van der Waals surface area contributed by atoms with Crippen LogP contribution in [0.15, 0.2) is 36.7 Å². The molecule has 0 aliphatic rings. The first-order valence-electron chi connectivity index (χ1n) is 7.57. The largest absolute Gasteiger partial charge is 0.506 e. The van der Waals surface area contributed by atoms with Gasteiger partial charge in [0.1, 0.15) is 17.2 Å². The number of aromatic amines is 1. The molecule has 3 rings (SSSR count). The Morgan fingerprint density at radius 3 is 2.62 bits per heavy atom. The van der Waals surface area contributed by atoms with E-state index in [0.29, 0.717) is 11.1 Å². The number of amides is 1. The van der Waals surface area contributed by atoms with E-state index < -0.39 is 5.91 Å². The number of benzene rings is 2. The maximum absolute atomic E-state index is 12.5. The molecular weight excluding hydrogens is 306 g/mol. The number of anilines is 1. The quantitative estimate of drug-likeness (QED) is 0.542. The summed E-state index contributed by atoms with van der Waals surface area (Å²) in [5.74, 6) is -0.738. The third-order valence-electron chi connectivity index (χ3n) is 3.88. The fraction of sp³-hybridized carbons (Fsp3) is 0.222. The fourth-order valence-electron chi connectivity index (χ4n) is 2.57. The summed E-state index contributed by atoms with van der Waals surface area (Å²) in [7, 11) is 0. The van der Waals surface area contributed by atoms with Crippen molar-refractivity contribution >= 4 is 22.6 Å². The van der Waals surface area contributed by atoms with Crippen molar-refractivity contribution in [3.05, 3.63) is 47.8 Å². The highest BCUT2D eigenvalue weighted by atomic mass is 16.3. The van der Waals surface area contributed by atoms with Crippen molar-refractivity contribution in [2.45, 2.75) is 26.2 Å².